The zero-order valence-corrected chi connectivity index (χ0v) is 16.0. The standard InChI is InChI=1S/C18H23N3O2S2/c1-2-21(14-7-4-3-5-8-14)16(22)11-13-12-25-18(19-13)20-17(23)15-9-6-10-24-15/h6,9-10,12,14H,2-5,7-8,11H2,1H3,(H,19,20,23). The van der Waals surface area contributed by atoms with E-state index in [0.29, 0.717) is 22.5 Å². The van der Waals surface area contributed by atoms with E-state index in [1.165, 1.54) is 41.9 Å². The molecule has 0 bridgehead atoms. The number of hydrogen-bond donors (Lipinski definition) is 1. The molecule has 7 heteroatoms. The Morgan fingerprint density at radius 2 is 2.08 bits per heavy atom. The zero-order valence-electron chi connectivity index (χ0n) is 14.4. The van der Waals surface area contributed by atoms with Gasteiger partial charge in [0, 0.05) is 18.0 Å². The van der Waals surface area contributed by atoms with E-state index in [-0.39, 0.29) is 11.8 Å². The summed E-state index contributed by atoms with van der Waals surface area (Å²) in [6.45, 7) is 2.79. The third-order valence-corrected chi connectivity index (χ3v) is 6.20. The van der Waals surface area contributed by atoms with Crippen molar-refractivity contribution in [3.8, 4) is 0 Å². The van der Waals surface area contributed by atoms with E-state index < -0.39 is 0 Å². The number of amides is 2. The molecule has 134 valence electrons. The van der Waals surface area contributed by atoms with Crippen molar-refractivity contribution in [2.75, 3.05) is 11.9 Å². The van der Waals surface area contributed by atoms with Crippen LogP contribution in [0.3, 0.4) is 0 Å². The number of aromatic nitrogens is 1. The fourth-order valence-corrected chi connectivity index (χ4v) is 4.62. The van der Waals surface area contributed by atoms with Gasteiger partial charge in [-0.15, -0.1) is 22.7 Å². The van der Waals surface area contributed by atoms with Gasteiger partial charge in [0.05, 0.1) is 17.0 Å². The molecule has 1 aliphatic rings. The maximum absolute atomic E-state index is 12.7. The molecule has 3 rings (SSSR count). The Bertz CT molecular complexity index is 706. The summed E-state index contributed by atoms with van der Waals surface area (Å²) >= 11 is 2.76. The Labute approximate surface area is 156 Å². The number of carbonyl (C=O) groups excluding carboxylic acids is 2. The molecule has 0 aliphatic heterocycles. The van der Waals surface area contributed by atoms with Gasteiger partial charge in [0.1, 0.15) is 0 Å². The summed E-state index contributed by atoms with van der Waals surface area (Å²) in [7, 11) is 0. The topological polar surface area (TPSA) is 62.3 Å². The lowest BCUT2D eigenvalue weighted by Crippen LogP contribution is -2.42. The van der Waals surface area contributed by atoms with Crippen molar-refractivity contribution in [2.24, 2.45) is 0 Å². The zero-order chi connectivity index (χ0) is 17.6. The van der Waals surface area contributed by atoms with Gasteiger partial charge < -0.3 is 4.90 Å². The van der Waals surface area contributed by atoms with Gasteiger partial charge >= 0.3 is 0 Å². The molecule has 0 saturated heterocycles. The molecule has 0 aromatic carbocycles. The molecule has 0 atom stereocenters. The van der Waals surface area contributed by atoms with Gasteiger partial charge in [0.2, 0.25) is 5.91 Å². The normalized spacial score (nSPS) is 15.1. The van der Waals surface area contributed by atoms with Crippen LogP contribution in [0.5, 0.6) is 0 Å². The highest BCUT2D eigenvalue weighted by atomic mass is 32.1. The van der Waals surface area contributed by atoms with Crippen molar-refractivity contribution in [3.63, 3.8) is 0 Å². The van der Waals surface area contributed by atoms with Crippen molar-refractivity contribution in [1.82, 2.24) is 9.88 Å². The third-order valence-electron chi connectivity index (χ3n) is 4.53. The Hall–Kier alpha value is -1.73. The molecular weight excluding hydrogens is 354 g/mol. The number of rotatable bonds is 6. The fourth-order valence-electron chi connectivity index (χ4n) is 3.30. The molecule has 0 unspecified atom stereocenters. The molecular formula is C18H23N3O2S2. The van der Waals surface area contributed by atoms with E-state index in [4.69, 9.17) is 0 Å². The fraction of sp³-hybridized carbons (Fsp3) is 0.500. The molecule has 1 fully saturated rings. The Morgan fingerprint density at radius 3 is 2.76 bits per heavy atom. The number of thiophene rings is 1. The molecule has 0 spiro atoms. The summed E-state index contributed by atoms with van der Waals surface area (Å²) in [6, 6.07) is 4.00. The third kappa shape index (κ3) is 4.67. The van der Waals surface area contributed by atoms with Crippen LogP contribution in [0.1, 0.15) is 54.4 Å². The molecule has 5 nitrogen and oxygen atoms in total. The van der Waals surface area contributed by atoms with Crippen molar-refractivity contribution < 1.29 is 9.59 Å². The van der Waals surface area contributed by atoms with Gasteiger partial charge in [-0.3, -0.25) is 14.9 Å². The van der Waals surface area contributed by atoms with Gasteiger partial charge in [0.25, 0.3) is 5.91 Å². The maximum atomic E-state index is 12.7. The first-order valence-electron chi connectivity index (χ1n) is 8.76. The van der Waals surface area contributed by atoms with Gasteiger partial charge in [0.15, 0.2) is 5.13 Å². The lowest BCUT2D eigenvalue weighted by Gasteiger charge is -2.33. The predicted molar refractivity (Wildman–Crippen MR) is 102 cm³/mol. The van der Waals surface area contributed by atoms with E-state index >= 15 is 0 Å². The van der Waals surface area contributed by atoms with Crippen LogP contribution in [0.2, 0.25) is 0 Å². The van der Waals surface area contributed by atoms with Crippen molar-refractivity contribution in [3.05, 3.63) is 33.5 Å². The summed E-state index contributed by atoms with van der Waals surface area (Å²) in [6.07, 6.45) is 6.23. The van der Waals surface area contributed by atoms with Crippen LogP contribution >= 0.6 is 22.7 Å². The molecule has 25 heavy (non-hydrogen) atoms. The van der Waals surface area contributed by atoms with E-state index in [1.54, 1.807) is 6.07 Å². The first kappa shape index (κ1) is 18.1. The van der Waals surface area contributed by atoms with Crippen molar-refractivity contribution >= 4 is 39.6 Å². The van der Waals surface area contributed by atoms with Crippen LogP contribution in [-0.4, -0.2) is 34.3 Å². The van der Waals surface area contributed by atoms with Gasteiger partial charge in [-0.2, -0.15) is 0 Å². The number of thiazole rings is 1. The lowest BCUT2D eigenvalue weighted by atomic mass is 9.94. The average Bonchev–Trinajstić information content (AvgIpc) is 3.29. The summed E-state index contributed by atoms with van der Waals surface area (Å²) in [5.74, 6) is -0.0181. The van der Waals surface area contributed by atoms with Crippen molar-refractivity contribution in [2.45, 2.75) is 51.5 Å². The van der Waals surface area contributed by atoms with Crippen LogP contribution < -0.4 is 5.32 Å². The largest absolute Gasteiger partial charge is 0.340 e. The monoisotopic (exact) mass is 377 g/mol. The quantitative estimate of drug-likeness (QED) is 0.821. The molecule has 2 amide bonds. The number of carbonyl (C=O) groups is 2. The number of anilines is 1. The smallest absolute Gasteiger partial charge is 0.267 e. The van der Waals surface area contributed by atoms with E-state index in [0.717, 1.165) is 25.1 Å². The molecule has 2 heterocycles. The molecule has 2 aromatic heterocycles. The Balaban J connectivity index is 1.58. The minimum Gasteiger partial charge on any atom is -0.340 e. The number of hydrogen-bond acceptors (Lipinski definition) is 5. The highest BCUT2D eigenvalue weighted by molar-refractivity contribution is 7.14. The van der Waals surface area contributed by atoms with E-state index in [9.17, 15) is 9.59 Å². The van der Waals surface area contributed by atoms with Crippen LogP contribution in [0.15, 0.2) is 22.9 Å². The molecule has 1 N–H and O–H groups in total. The minimum atomic E-state index is -0.153. The van der Waals surface area contributed by atoms with Crippen LogP contribution in [0, 0.1) is 0 Å². The molecule has 2 aromatic rings. The number of nitrogens with one attached hydrogen (secondary N) is 1. The number of nitrogens with zero attached hydrogens (tertiary/aromatic N) is 2. The lowest BCUT2D eigenvalue weighted by molar-refractivity contribution is -0.133. The van der Waals surface area contributed by atoms with Crippen LogP contribution in [-0.2, 0) is 11.2 Å². The second kappa shape index (κ2) is 8.58. The Morgan fingerprint density at radius 1 is 1.28 bits per heavy atom. The number of likely N-dealkylation sites (N-methyl/N-ethyl adjacent to an activating group) is 1. The van der Waals surface area contributed by atoms with E-state index in [1.807, 2.05) is 28.7 Å². The molecule has 0 radical (unpaired) electrons. The summed E-state index contributed by atoms with van der Waals surface area (Å²) in [4.78, 5) is 31.8. The second-order valence-electron chi connectivity index (χ2n) is 6.22. The van der Waals surface area contributed by atoms with Gasteiger partial charge in [-0.1, -0.05) is 25.3 Å². The highest BCUT2D eigenvalue weighted by Gasteiger charge is 2.24. The second-order valence-corrected chi connectivity index (χ2v) is 8.03. The van der Waals surface area contributed by atoms with Crippen LogP contribution in [0.4, 0.5) is 5.13 Å². The van der Waals surface area contributed by atoms with Gasteiger partial charge in [-0.25, -0.2) is 4.98 Å². The molecule has 1 aliphatic carbocycles. The maximum Gasteiger partial charge on any atom is 0.267 e. The predicted octanol–water partition coefficient (Wildman–Crippen LogP) is 4.18. The van der Waals surface area contributed by atoms with Crippen molar-refractivity contribution in [1.29, 1.82) is 0 Å². The Kier molecular flexibility index (Phi) is 6.20. The first-order valence-corrected chi connectivity index (χ1v) is 10.5. The van der Waals surface area contributed by atoms with Crippen LogP contribution in [0.25, 0.3) is 0 Å². The molecule has 1 saturated carbocycles. The summed E-state index contributed by atoms with van der Waals surface area (Å²) < 4.78 is 0. The highest BCUT2D eigenvalue weighted by Crippen LogP contribution is 2.24. The minimum absolute atomic E-state index is 0.135. The summed E-state index contributed by atoms with van der Waals surface area (Å²) in [5.41, 5.74) is 0.728. The van der Waals surface area contributed by atoms with Gasteiger partial charge in [-0.05, 0) is 31.2 Å². The first-order chi connectivity index (χ1) is 12.2. The summed E-state index contributed by atoms with van der Waals surface area (Å²) in [5, 5.41) is 7.07. The SMILES string of the molecule is CCN(C(=O)Cc1csc(NC(=O)c2cccs2)n1)C1CCCCC1. The van der Waals surface area contributed by atoms with E-state index in [2.05, 4.69) is 10.3 Å². The average molecular weight is 378 g/mol.